The Morgan fingerprint density at radius 1 is 1.00 bits per heavy atom. The second-order valence-electron chi connectivity index (χ2n) is 2.15. The van der Waals surface area contributed by atoms with Gasteiger partial charge in [0.25, 0.3) is 0 Å². The molecule has 0 aromatic heterocycles. The molecule has 2 nitrogen and oxygen atoms in total. The van der Waals surface area contributed by atoms with Crippen LogP contribution in [0.5, 0.6) is 0 Å². The molecule has 0 aliphatic carbocycles. The standard InChI is InChI=1S/C9H11O2S2/c1-10-12-9(13-11-2)8-6-4-3-5-7-8/h3-7H,1-2H3. The van der Waals surface area contributed by atoms with Crippen molar-refractivity contribution >= 4 is 24.1 Å². The van der Waals surface area contributed by atoms with E-state index in [4.69, 9.17) is 8.37 Å². The average Bonchev–Trinajstić information content (AvgIpc) is 2.19. The zero-order valence-electron chi connectivity index (χ0n) is 7.52. The molecule has 0 saturated heterocycles. The molecular formula is C9H11O2S2. The second-order valence-corrected chi connectivity index (χ2v) is 4.23. The Morgan fingerprint density at radius 2 is 1.54 bits per heavy atom. The monoisotopic (exact) mass is 215 g/mol. The molecule has 71 valence electrons. The number of hydrogen-bond acceptors (Lipinski definition) is 4. The predicted molar refractivity (Wildman–Crippen MR) is 58.0 cm³/mol. The van der Waals surface area contributed by atoms with Gasteiger partial charge in [0.15, 0.2) is 4.58 Å². The Balaban J connectivity index is 2.64. The molecule has 1 aromatic carbocycles. The van der Waals surface area contributed by atoms with Gasteiger partial charge < -0.3 is 8.37 Å². The Bertz CT molecular complexity index is 222. The third-order valence-electron chi connectivity index (χ3n) is 1.33. The lowest BCUT2D eigenvalue weighted by atomic mass is 10.2. The highest BCUT2D eigenvalue weighted by Gasteiger charge is 2.14. The average molecular weight is 215 g/mol. The van der Waals surface area contributed by atoms with Crippen molar-refractivity contribution in [3.63, 3.8) is 0 Å². The highest BCUT2D eigenvalue weighted by Crippen LogP contribution is 2.38. The lowest BCUT2D eigenvalue weighted by molar-refractivity contribution is 0.485. The van der Waals surface area contributed by atoms with E-state index in [1.807, 2.05) is 30.3 Å². The second kappa shape index (κ2) is 6.32. The van der Waals surface area contributed by atoms with Crippen LogP contribution in [0.25, 0.3) is 0 Å². The van der Waals surface area contributed by atoms with Crippen LogP contribution in [-0.4, -0.2) is 14.2 Å². The van der Waals surface area contributed by atoms with Crippen LogP contribution in [0.4, 0.5) is 0 Å². The molecule has 1 aromatic rings. The van der Waals surface area contributed by atoms with Crippen molar-refractivity contribution in [2.75, 3.05) is 14.2 Å². The van der Waals surface area contributed by atoms with Gasteiger partial charge >= 0.3 is 0 Å². The fraction of sp³-hybridized carbons (Fsp3) is 0.222. The summed E-state index contributed by atoms with van der Waals surface area (Å²) >= 11 is 2.62. The number of hydrogen-bond donors (Lipinski definition) is 0. The van der Waals surface area contributed by atoms with E-state index in [1.165, 1.54) is 24.1 Å². The molecule has 0 spiro atoms. The van der Waals surface area contributed by atoms with Crippen LogP contribution in [0.15, 0.2) is 30.3 Å². The molecule has 0 aliphatic heterocycles. The van der Waals surface area contributed by atoms with Gasteiger partial charge in [-0.3, -0.25) is 0 Å². The van der Waals surface area contributed by atoms with Crippen molar-refractivity contribution in [1.82, 2.24) is 0 Å². The summed E-state index contributed by atoms with van der Waals surface area (Å²) in [6, 6.07) is 10.0. The maximum absolute atomic E-state index is 4.99. The molecule has 0 heterocycles. The minimum Gasteiger partial charge on any atom is -0.317 e. The van der Waals surface area contributed by atoms with Crippen molar-refractivity contribution in [2.45, 2.75) is 0 Å². The van der Waals surface area contributed by atoms with Gasteiger partial charge in [0.05, 0.1) is 14.2 Å². The molecule has 4 heteroatoms. The molecule has 1 radical (unpaired) electrons. The molecule has 0 aliphatic rings. The van der Waals surface area contributed by atoms with E-state index < -0.39 is 0 Å². The van der Waals surface area contributed by atoms with E-state index in [0.29, 0.717) is 0 Å². The SMILES string of the molecule is COS[C](SOC)c1ccccc1. The summed E-state index contributed by atoms with van der Waals surface area (Å²) in [5, 5.41) is 0. The molecule has 0 saturated carbocycles. The molecule has 1 rings (SSSR count). The molecule has 0 amide bonds. The van der Waals surface area contributed by atoms with Crippen molar-refractivity contribution < 1.29 is 8.37 Å². The zero-order valence-corrected chi connectivity index (χ0v) is 9.15. The number of benzene rings is 1. The quantitative estimate of drug-likeness (QED) is 0.702. The molecule has 0 atom stereocenters. The van der Waals surface area contributed by atoms with E-state index in [2.05, 4.69) is 0 Å². The molecule has 0 unspecified atom stereocenters. The Hall–Kier alpha value is -0.160. The van der Waals surface area contributed by atoms with E-state index >= 15 is 0 Å². The van der Waals surface area contributed by atoms with Gasteiger partial charge in [-0.05, 0) is 5.56 Å². The van der Waals surface area contributed by atoms with Crippen LogP contribution in [0.2, 0.25) is 0 Å². The minimum atomic E-state index is 1.01. The first kappa shape index (κ1) is 10.9. The summed E-state index contributed by atoms with van der Waals surface area (Å²) < 4.78 is 11.0. The molecular weight excluding hydrogens is 204 g/mol. The smallest absolute Gasteiger partial charge is 0.170 e. The van der Waals surface area contributed by atoms with Crippen LogP contribution < -0.4 is 0 Å². The van der Waals surface area contributed by atoms with Gasteiger partial charge in [-0.2, -0.15) is 0 Å². The Labute approximate surface area is 87.4 Å². The summed E-state index contributed by atoms with van der Waals surface area (Å²) in [4.78, 5) is 0. The lowest BCUT2D eigenvalue weighted by Gasteiger charge is -2.10. The summed E-state index contributed by atoms with van der Waals surface area (Å²) in [7, 11) is 3.29. The molecule has 0 fully saturated rings. The van der Waals surface area contributed by atoms with Crippen LogP contribution in [0.3, 0.4) is 0 Å². The van der Waals surface area contributed by atoms with Gasteiger partial charge in [-0.25, -0.2) is 0 Å². The molecule has 13 heavy (non-hydrogen) atoms. The summed E-state index contributed by atoms with van der Waals surface area (Å²) in [5.41, 5.74) is 1.11. The van der Waals surface area contributed by atoms with Gasteiger partial charge in [0, 0.05) is 24.1 Å². The Kier molecular flexibility index (Phi) is 5.31. The molecule has 0 bridgehead atoms. The summed E-state index contributed by atoms with van der Waals surface area (Å²) in [6.45, 7) is 0. The number of rotatable bonds is 5. The third kappa shape index (κ3) is 3.60. The topological polar surface area (TPSA) is 18.5 Å². The van der Waals surface area contributed by atoms with E-state index in [1.54, 1.807) is 14.2 Å². The lowest BCUT2D eigenvalue weighted by Crippen LogP contribution is -1.90. The zero-order chi connectivity index (χ0) is 9.52. The maximum Gasteiger partial charge on any atom is 0.170 e. The minimum absolute atomic E-state index is 1.01. The first-order chi connectivity index (χ1) is 6.38. The van der Waals surface area contributed by atoms with Gasteiger partial charge in [0.2, 0.25) is 0 Å². The van der Waals surface area contributed by atoms with Gasteiger partial charge in [-0.1, -0.05) is 30.3 Å². The first-order valence-corrected chi connectivity index (χ1v) is 5.20. The molecule has 0 N–H and O–H groups in total. The van der Waals surface area contributed by atoms with Crippen LogP contribution in [0, 0.1) is 4.58 Å². The fourth-order valence-electron chi connectivity index (χ4n) is 0.836. The van der Waals surface area contributed by atoms with Gasteiger partial charge in [0.1, 0.15) is 0 Å². The highest BCUT2D eigenvalue weighted by molar-refractivity contribution is 8.16. The van der Waals surface area contributed by atoms with E-state index in [9.17, 15) is 0 Å². The summed E-state index contributed by atoms with van der Waals surface area (Å²) in [5.74, 6) is 0. The van der Waals surface area contributed by atoms with Crippen molar-refractivity contribution in [3.8, 4) is 0 Å². The van der Waals surface area contributed by atoms with Gasteiger partial charge in [-0.15, -0.1) is 0 Å². The van der Waals surface area contributed by atoms with Crippen molar-refractivity contribution in [1.29, 1.82) is 0 Å². The van der Waals surface area contributed by atoms with Crippen LogP contribution in [-0.2, 0) is 8.37 Å². The van der Waals surface area contributed by atoms with Crippen LogP contribution in [0.1, 0.15) is 5.56 Å². The van der Waals surface area contributed by atoms with Crippen molar-refractivity contribution in [2.24, 2.45) is 0 Å². The maximum atomic E-state index is 4.99. The van der Waals surface area contributed by atoms with Crippen molar-refractivity contribution in [3.05, 3.63) is 40.5 Å². The van der Waals surface area contributed by atoms with Crippen LogP contribution >= 0.6 is 24.1 Å². The third-order valence-corrected chi connectivity index (χ3v) is 2.84. The van der Waals surface area contributed by atoms with E-state index in [-0.39, 0.29) is 0 Å². The highest BCUT2D eigenvalue weighted by atomic mass is 32.2. The van der Waals surface area contributed by atoms with E-state index in [0.717, 1.165) is 10.1 Å². The first-order valence-electron chi connectivity index (χ1n) is 3.72. The predicted octanol–water partition coefficient (Wildman–Crippen LogP) is 3.11. The Morgan fingerprint density at radius 3 is 2.00 bits per heavy atom. The largest absolute Gasteiger partial charge is 0.317 e. The summed E-state index contributed by atoms with van der Waals surface area (Å²) in [6.07, 6.45) is 0. The normalized spacial score (nSPS) is 10.7. The fourth-order valence-corrected chi connectivity index (χ4v) is 2.12.